The van der Waals surface area contributed by atoms with Crippen LogP contribution < -0.4 is 0 Å². The molecule has 0 saturated carbocycles. The predicted octanol–water partition coefficient (Wildman–Crippen LogP) is 3.04. The molecule has 0 spiro atoms. The van der Waals surface area contributed by atoms with E-state index in [-0.39, 0.29) is 11.2 Å². The second-order valence-electron chi connectivity index (χ2n) is 5.40. The van der Waals surface area contributed by atoms with Crippen LogP contribution in [0.4, 0.5) is 0 Å². The van der Waals surface area contributed by atoms with E-state index in [1.807, 2.05) is 47.0 Å². The summed E-state index contributed by atoms with van der Waals surface area (Å²) in [6.45, 7) is 2.40. The molecular weight excluding hydrogens is 336 g/mol. The van der Waals surface area contributed by atoms with Crippen molar-refractivity contribution >= 4 is 17.7 Å². The number of benzene rings is 1. The molecule has 0 bridgehead atoms. The number of hydrogen-bond acceptors (Lipinski definition) is 6. The van der Waals surface area contributed by atoms with Crippen LogP contribution in [0.5, 0.6) is 0 Å². The number of rotatable bonds is 6. The summed E-state index contributed by atoms with van der Waals surface area (Å²) < 4.78 is 6.80. The summed E-state index contributed by atoms with van der Waals surface area (Å²) >= 11 is 1.33. The van der Waals surface area contributed by atoms with Crippen LogP contribution in [-0.2, 0) is 16.1 Å². The molecule has 7 heteroatoms. The summed E-state index contributed by atoms with van der Waals surface area (Å²) in [7, 11) is 1.38. The third-order valence-electron chi connectivity index (χ3n) is 3.64. The zero-order valence-electron chi connectivity index (χ0n) is 14.0. The van der Waals surface area contributed by atoms with Gasteiger partial charge < -0.3 is 4.74 Å². The fourth-order valence-corrected chi connectivity index (χ4v) is 3.24. The molecule has 2 heterocycles. The minimum Gasteiger partial charge on any atom is -0.468 e. The normalized spacial score (nSPS) is 11.9. The average Bonchev–Trinajstić information content (AvgIpc) is 3.04. The molecule has 1 atom stereocenters. The van der Waals surface area contributed by atoms with Gasteiger partial charge in [-0.2, -0.15) is 0 Å². The molecule has 128 valence electrons. The number of aromatic nitrogens is 4. The average molecular weight is 354 g/mol. The van der Waals surface area contributed by atoms with Gasteiger partial charge in [0.1, 0.15) is 5.25 Å². The lowest BCUT2D eigenvalue weighted by molar-refractivity contribution is -0.139. The van der Waals surface area contributed by atoms with Crippen LogP contribution in [0.25, 0.3) is 11.4 Å². The van der Waals surface area contributed by atoms with Crippen LogP contribution in [0.15, 0.2) is 60.0 Å². The zero-order valence-corrected chi connectivity index (χ0v) is 14.8. The summed E-state index contributed by atoms with van der Waals surface area (Å²) in [4.78, 5) is 15.9. The minimum atomic E-state index is -0.370. The van der Waals surface area contributed by atoms with E-state index in [1.165, 1.54) is 18.9 Å². The van der Waals surface area contributed by atoms with E-state index in [2.05, 4.69) is 15.2 Å². The molecule has 0 N–H and O–H groups in total. The monoisotopic (exact) mass is 354 g/mol. The summed E-state index contributed by atoms with van der Waals surface area (Å²) in [6.07, 6.45) is 3.47. The van der Waals surface area contributed by atoms with Gasteiger partial charge in [-0.15, -0.1) is 10.2 Å². The van der Waals surface area contributed by atoms with Crippen molar-refractivity contribution in [2.75, 3.05) is 7.11 Å². The van der Waals surface area contributed by atoms with Crippen molar-refractivity contribution in [2.24, 2.45) is 0 Å². The van der Waals surface area contributed by atoms with Gasteiger partial charge in [-0.3, -0.25) is 14.3 Å². The van der Waals surface area contributed by atoms with Crippen LogP contribution in [0.3, 0.4) is 0 Å². The van der Waals surface area contributed by atoms with Crippen LogP contribution in [0.1, 0.15) is 12.5 Å². The van der Waals surface area contributed by atoms with Gasteiger partial charge in [0.05, 0.1) is 13.7 Å². The molecule has 0 unspecified atom stereocenters. The fraction of sp³-hybridized carbons (Fsp3) is 0.222. The maximum atomic E-state index is 11.8. The quantitative estimate of drug-likeness (QED) is 0.500. The maximum Gasteiger partial charge on any atom is 0.318 e. The number of pyridine rings is 1. The maximum absolute atomic E-state index is 11.8. The van der Waals surface area contributed by atoms with E-state index in [1.54, 1.807) is 19.3 Å². The first-order valence-electron chi connectivity index (χ1n) is 7.81. The van der Waals surface area contributed by atoms with E-state index in [0.29, 0.717) is 11.7 Å². The topological polar surface area (TPSA) is 69.9 Å². The smallest absolute Gasteiger partial charge is 0.318 e. The van der Waals surface area contributed by atoms with Crippen molar-refractivity contribution in [1.82, 2.24) is 19.7 Å². The highest BCUT2D eigenvalue weighted by atomic mass is 32.2. The Kier molecular flexibility index (Phi) is 5.45. The predicted molar refractivity (Wildman–Crippen MR) is 96.1 cm³/mol. The van der Waals surface area contributed by atoms with Gasteiger partial charge in [0.25, 0.3) is 0 Å². The Balaban J connectivity index is 1.97. The van der Waals surface area contributed by atoms with Gasteiger partial charge in [-0.1, -0.05) is 42.1 Å². The van der Waals surface area contributed by atoms with E-state index in [0.717, 1.165) is 17.0 Å². The van der Waals surface area contributed by atoms with Gasteiger partial charge in [-0.25, -0.2) is 0 Å². The largest absolute Gasteiger partial charge is 0.468 e. The molecular formula is C18H18N4O2S. The number of hydrogen-bond donors (Lipinski definition) is 0. The third kappa shape index (κ3) is 4.06. The highest BCUT2D eigenvalue weighted by molar-refractivity contribution is 8.00. The number of methoxy groups -OCH3 is 1. The molecule has 0 radical (unpaired) electrons. The standard InChI is InChI=1S/C18H18N4O2S/c1-13(17(23)24-2)25-18-21-20-16(15-9-6-10-19-11-15)22(18)12-14-7-4-3-5-8-14/h3-11,13H,12H2,1-2H3/t13-/m1/s1. The molecule has 3 rings (SSSR count). The molecule has 0 fully saturated rings. The Morgan fingerprint density at radius 3 is 2.68 bits per heavy atom. The summed E-state index contributed by atoms with van der Waals surface area (Å²) in [5.41, 5.74) is 2.00. The van der Waals surface area contributed by atoms with Gasteiger partial charge in [0, 0.05) is 18.0 Å². The molecule has 25 heavy (non-hydrogen) atoms. The number of thioether (sulfide) groups is 1. The lowest BCUT2D eigenvalue weighted by atomic mass is 10.2. The highest BCUT2D eigenvalue weighted by Gasteiger charge is 2.21. The Morgan fingerprint density at radius 2 is 2.00 bits per heavy atom. The highest BCUT2D eigenvalue weighted by Crippen LogP contribution is 2.27. The summed E-state index contributed by atoms with van der Waals surface area (Å²) in [6, 6.07) is 13.9. The van der Waals surface area contributed by atoms with Gasteiger partial charge in [0.15, 0.2) is 11.0 Å². The first kappa shape index (κ1) is 17.2. The number of nitrogens with zero attached hydrogens (tertiary/aromatic N) is 4. The fourth-order valence-electron chi connectivity index (χ4n) is 2.37. The third-order valence-corrected chi connectivity index (χ3v) is 4.69. The molecule has 3 aromatic rings. The molecule has 6 nitrogen and oxygen atoms in total. The van der Waals surface area contributed by atoms with E-state index in [4.69, 9.17) is 4.74 Å². The molecule has 0 aliphatic carbocycles. The number of esters is 1. The van der Waals surface area contributed by atoms with E-state index in [9.17, 15) is 4.79 Å². The van der Waals surface area contributed by atoms with Crippen molar-refractivity contribution in [3.8, 4) is 11.4 Å². The van der Waals surface area contributed by atoms with Gasteiger partial charge in [0.2, 0.25) is 0 Å². The van der Waals surface area contributed by atoms with Gasteiger partial charge in [-0.05, 0) is 24.6 Å². The van der Waals surface area contributed by atoms with Crippen molar-refractivity contribution in [2.45, 2.75) is 23.9 Å². The van der Waals surface area contributed by atoms with Crippen molar-refractivity contribution in [3.05, 3.63) is 60.4 Å². The van der Waals surface area contributed by atoms with Crippen molar-refractivity contribution in [1.29, 1.82) is 0 Å². The van der Waals surface area contributed by atoms with Crippen molar-refractivity contribution < 1.29 is 9.53 Å². The van der Waals surface area contributed by atoms with Crippen LogP contribution >= 0.6 is 11.8 Å². The molecule has 0 amide bonds. The summed E-state index contributed by atoms with van der Waals surface area (Å²) in [5.74, 6) is 0.429. The summed E-state index contributed by atoms with van der Waals surface area (Å²) in [5, 5.41) is 8.90. The first-order chi connectivity index (χ1) is 12.2. The van der Waals surface area contributed by atoms with Crippen LogP contribution in [0, 0.1) is 0 Å². The molecule has 1 aromatic carbocycles. The minimum absolute atomic E-state index is 0.290. The molecule has 0 aliphatic rings. The Bertz CT molecular complexity index is 837. The molecule has 0 saturated heterocycles. The van der Waals surface area contributed by atoms with Crippen molar-refractivity contribution in [3.63, 3.8) is 0 Å². The molecule has 2 aromatic heterocycles. The zero-order chi connectivity index (χ0) is 17.6. The first-order valence-corrected chi connectivity index (χ1v) is 8.69. The Labute approximate surface area is 150 Å². The van der Waals surface area contributed by atoms with Gasteiger partial charge >= 0.3 is 5.97 Å². The number of carbonyl (C=O) groups is 1. The van der Waals surface area contributed by atoms with E-state index >= 15 is 0 Å². The Morgan fingerprint density at radius 1 is 1.20 bits per heavy atom. The SMILES string of the molecule is COC(=O)[C@@H](C)Sc1nnc(-c2cccnc2)n1Cc1ccccc1. The lowest BCUT2D eigenvalue weighted by Crippen LogP contribution is -2.16. The Hall–Kier alpha value is -2.67. The second kappa shape index (κ2) is 7.94. The molecule has 0 aliphatic heterocycles. The second-order valence-corrected chi connectivity index (χ2v) is 6.71. The lowest BCUT2D eigenvalue weighted by Gasteiger charge is -2.12. The number of ether oxygens (including phenoxy) is 1. The van der Waals surface area contributed by atoms with E-state index < -0.39 is 0 Å². The van der Waals surface area contributed by atoms with Crippen LogP contribution in [-0.4, -0.2) is 38.1 Å². The van der Waals surface area contributed by atoms with Crippen LogP contribution in [0.2, 0.25) is 0 Å². The number of carbonyl (C=O) groups excluding carboxylic acids is 1.